The first-order valence-corrected chi connectivity index (χ1v) is 5.82. The van der Waals surface area contributed by atoms with E-state index < -0.39 is 0 Å². The van der Waals surface area contributed by atoms with E-state index in [0.29, 0.717) is 18.0 Å². The molecule has 2 aromatic rings. The van der Waals surface area contributed by atoms with Gasteiger partial charge in [0.15, 0.2) is 0 Å². The van der Waals surface area contributed by atoms with Gasteiger partial charge in [-0.05, 0) is 12.5 Å². The Balaban J connectivity index is 2.12. The van der Waals surface area contributed by atoms with E-state index in [0.717, 1.165) is 17.1 Å². The molecule has 6 nitrogen and oxygen atoms in total. The number of pyridine rings is 1. The van der Waals surface area contributed by atoms with Crippen LogP contribution in [0, 0.1) is 18.3 Å². The number of aryl methyl sites for hydroxylation is 2. The fraction of sp³-hybridized carbons (Fsp3) is 0.308. The predicted octanol–water partition coefficient (Wildman–Crippen LogP) is 1.62. The van der Waals surface area contributed by atoms with Gasteiger partial charge >= 0.3 is 0 Å². The van der Waals surface area contributed by atoms with Gasteiger partial charge in [-0.2, -0.15) is 10.4 Å². The molecule has 0 aliphatic carbocycles. The van der Waals surface area contributed by atoms with E-state index in [4.69, 9.17) is 10.00 Å². The third-order valence-electron chi connectivity index (χ3n) is 2.80. The van der Waals surface area contributed by atoms with E-state index in [9.17, 15) is 0 Å². The van der Waals surface area contributed by atoms with Crippen LogP contribution in [0.25, 0.3) is 0 Å². The van der Waals surface area contributed by atoms with E-state index >= 15 is 0 Å². The van der Waals surface area contributed by atoms with Crippen molar-refractivity contribution in [1.29, 1.82) is 5.26 Å². The van der Waals surface area contributed by atoms with Crippen molar-refractivity contribution < 1.29 is 4.74 Å². The number of nitrogens with zero attached hydrogens (tertiary/aromatic N) is 4. The van der Waals surface area contributed by atoms with Crippen molar-refractivity contribution in [3.05, 3.63) is 35.2 Å². The summed E-state index contributed by atoms with van der Waals surface area (Å²) in [4.78, 5) is 4.13. The number of methoxy groups -OCH3 is 1. The largest absolute Gasteiger partial charge is 0.481 e. The molecular weight excluding hydrogens is 242 g/mol. The lowest BCUT2D eigenvalue weighted by molar-refractivity contribution is 0.397. The molecule has 2 heterocycles. The first-order chi connectivity index (χ1) is 9.15. The summed E-state index contributed by atoms with van der Waals surface area (Å²) in [6, 6.07) is 5.88. The third-order valence-corrected chi connectivity index (χ3v) is 2.80. The molecule has 1 N–H and O–H groups in total. The Morgan fingerprint density at radius 3 is 2.84 bits per heavy atom. The predicted molar refractivity (Wildman–Crippen MR) is 70.8 cm³/mol. The zero-order valence-electron chi connectivity index (χ0n) is 11.1. The van der Waals surface area contributed by atoms with Crippen molar-refractivity contribution in [3.63, 3.8) is 0 Å². The average molecular weight is 257 g/mol. The maximum Gasteiger partial charge on any atom is 0.212 e. The molecule has 0 spiro atoms. The molecule has 0 radical (unpaired) electrons. The minimum atomic E-state index is 0.573. The topological polar surface area (TPSA) is 75.8 Å². The summed E-state index contributed by atoms with van der Waals surface area (Å²) in [6.45, 7) is 2.39. The second-order valence-corrected chi connectivity index (χ2v) is 4.11. The van der Waals surface area contributed by atoms with E-state index in [1.807, 2.05) is 20.0 Å². The summed E-state index contributed by atoms with van der Waals surface area (Å²) in [5, 5.41) is 16.5. The number of anilines is 1. The number of aromatic nitrogens is 3. The van der Waals surface area contributed by atoms with Crippen LogP contribution in [0.2, 0.25) is 0 Å². The van der Waals surface area contributed by atoms with Crippen LogP contribution in [0.5, 0.6) is 5.88 Å². The number of rotatable bonds is 4. The van der Waals surface area contributed by atoms with E-state index in [1.54, 1.807) is 24.1 Å². The van der Waals surface area contributed by atoms with Crippen LogP contribution in [0.4, 0.5) is 5.82 Å². The maximum atomic E-state index is 9.11. The molecule has 0 amide bonds. The van der Waals surface area contributed by atoms with Crippen molar-refractivity contribution in [2.45, 2.75) is 13.5 Å². The van der Waals surface area contributed by atoms with Gasteiger partial charge in [0.2, 0.25) is 5.88 Å². The standard InChI is InChI=1S/C13H15N5O/c1-9-11(6-14)13(18(2)17-9)16-8-10-4-5-12(19-3)15-7-10/h4-5,7,16H,8H2,1-3H3. The lowest BCUT2D eigenvalue weighted by Crippen LogP contribution is -2.06. The van der Waals surface area contributed by atoms with Crippen LogP contribution in [-0.4, -0.2) is 21.9 Å². The van der Waals surface area contributed by atoms with Crippen molar-refractivity contribution in [2.75, 3.05) is 12.4 Å². The molecule has 0 aliphatic heterocycles. The second-order valence-electron chi connectivity index (χ2n) is 4.11. The highest BCUT2D eigenvalue weighted by molar-refractivity contribution is 5.55. The molecule has 0 atom stereocenters. The molecule has 6 heteroatoms. The Morgan fingerprint density at radius 1 is 1.47 bits per heavy atom. The summed E-state index contributed by atoms with van der Waals surface area (Å²) in [7, 11) is 3.39. The Labute approximate surface area is 111 Å². The van der Waals surface area contributed by atoms with Crippen LogP contribution >= 0.6 is 0 Å². The first-order valence-electron chi connectivity index (χ1n) is 5.82. The minimum absolute atomic E-state index is 0.573. The zero-order chi connectivity index (χ0) is 13.8. The molecule has 0 saturated heterocycles. The number of nitrogens with one attached hydrogen (secondary N) is 1. The molecule has 0 saturated carbocycles. The molecule has 0 aliphatic rings. The molecule has 0 aromatic carbocycles. The van der Waals surface area contributed by atoms with Gasteiger partial charge in [-0.3, -0.25) is 4.68 Å². The number of nitriles is 1. The van der Waals surface area contributed by atoms with E-state index in [2.05, 4.69) is 21.5 Å². The fourth-order valence-electron chi connectivity index (χ4n) is 1.82. The second kappa shape index (κ2) is 5.40. The molecule has 0 fully saturated rings. The molecule has 2 aromatic heterocycles. The zero-order valence-corrected chi connectivity index (χ0v) is 11.1. The smallest absolute Gasteiger partial charge is 0.212 e. The van der Waals surface area contributed by atoms with E-state index in [-0.39, 0.29) is 0 Å². The van der Waals surface area contributed by atoms with Crippen LogP contribution < -0.4 is 10.1 Å². The number of hydrogen-bond donors (Lipinski definition) is 1. The van der Waals surface area contributed by atoms with Crippen molar-refractivity contribution in [3.8, 4) is 11.9 Å². The molecule has 0 unspecified atom stereocenters. The molecular formula is C13H15N5O. The molecule has 2 rings (SSSR count). The van der Waals surface area contributed by atoms with Crippen LogP contribution in [0.15, 0.2) is 18.3 Å². The van der Waals surface area contributed by atoms with Crippen molar-refractivity contribution >= 4 is 5.82 Å². The molecule has 19 heavy (non-hydrogen) atoms. The van der Waals surface area contributed by atoms with E-state index in [1.165, 1.54) is 0 Å². The molecule has 98 valence electrons. The lowest BCUT2D eigenvalue weighted by Gasteiger charge is -2.07. The van der Waals surface area contributed by atoms with Gasteiger partial charge in [0.05, 0.1) is 12.8 Å². The molecule has 0 bridgehead atoms. The lowest BCUT2D eigenvalue weighted by atomic mass is 10.2. The fourth-order valence-corrected chi connectivity index (χ4v) is 1.82. The van der Waals surface area contributed by atoms with Crippen LogP contribution in [-0.2, 0) is 13.6 Å². The monoisotopic (exact) mass is 257 g/mol. The summed E-state index contributed by atoms with van der Waals surface area (Å²) >= 11 is 0. The van der Waals surface area contributed by atoms with Gasteiger partial charge in [-0.1, -0.05) is 6.07 Å². The Kier molecular flexibility index (Phi) is 3.66. The summed E-state index contributed by atoms with van der Waals surface area (Å²) in [5.41, 5.74) is 2.30. The van der Waals surface area contributed by atoms with Gasteiger partial charge in [-0.25, -0.2) is 4.98 Å². The highest BCUT2D eigenvalue weighted by atomic mass is 16.5. The van der Waals surface area contributed by atoms with Gasteiger partial charge < -0.3 is 10.1 Å². The Morgan fingerprint density at radius 2 is 2.26 bits per heavy atom. The minimum Gasteiger partial charge on any atom is -0.481 e. The summed E-state index contributed by atoms with van der Waals surface area (Å²) < 4.78 is 6.67. The van der Waals surface area contributed by atoms with Gasteiger partial charge in [-0.15, -0.1) is 0 Å². The normalized spacial score (nSPS) is 10.0. The van der Waals surface area contributed by atoms with Gasteiger partial charge in [0, 0.05) is 25.9 Å². The van der Waals surface area contributed by atoms with Crippen molar-refractivity contribution in [1.82, 2.24) is 14.8 Å². The van der Waals surface area contributed by atoms with Crippen LogP contribution in [0.1, 0.15) is 16.8 Å². The third kappa shape index (κ3) is 2.65. The summed E-state index contributed by atoms with van der Waals surface area (Å²) in [5.74, 6) is 1.30. The maximum absolute atomic E-state index is 9.11. The first kappa shape index (κ1) is 12.9. The highest BCUT2D eigenvalue weighted by Gasteiger charge is 2.12. The van der Waals surface area contributed by atoms with Crippen molar-refractivity contribution in [2.24, 2.45) is 7.05 Å². The number of hydrogen-bond acceptors (Lipinski definition) is 5. The quantitative estimate of drug-likeness (QED) is 0.900. The Hall–Kier alpha value is -2.55. The Bertz CT molecular complexity index is 609. The summed E-state index contributed by atoms with van der Waals surface area (Å²) in [6.07, 6.45) is 1.74. The SMILES string of the molecule is COc1ccc(CNc2c(C#N)c(C)nn2C)cn1. The highest BCUT2D eigenvalue weighted by Crippen LogP contribution is 2.18. The van der Waals surface area contributed by atoms with Crippen LogP contribution in [0.3, 0.4) is 0 Å². The average Bonchev–Trinajstić information content (AvgIpc) is 2.70. The number of ether oxygens (including phenoxy) is 1. The van der Waals surface area contributed by atoms with Gasteiger partial charge in [0.1, 0.15) is 17.5 Å². The van der Waals surface area contributed by atoms with Gasteiger partial charge in [0.25, 0.3) is 0 Å².